The van der Waals surface area contributed by atoms with E-state index >= 15 is 0 Å². The summed E-state index contributed by atoms with van der Waals surface area (Å²) in [7, 11) is 0. The van der Waals surface area contributed by atoms with Crippen LogP contribution in [-0.2, 0) is 4.74 Å². The highest BCUT2D eigenvalue weighted by Crippen LogP contribution is 2.23. The van der Waals surface area contributed by atoms with Crippen LogP contribution in [0.3, 0.4) is 0 Å². The third kappa shape index (κ3) is 2.22. The van der Waals surface area contributed by atoms with Crippen molar-refractivity contribution < 1.29 is 4.74 Å². The molecule has 2 aliphatic heterocycles. The van der Waals surface area contributed by atoms with Gasteiger partial charge in [-0.05, 0) is 25.8 Å². The van der Waals surface area contributed by atoms with E-state index in [0.717, 1.165) is 31.7 Å². The molecule has 2 fully saturated rings. The van der Waals surface area contributed by atoms with Gasteiger partial charge in [-0.15, -0.1) is 0 Å². The molecule has 3 heteroatoms. The number of hydrogen-bond acceptors (Lipinski definition) is 3. The summed E-state index contributed by atoms with van der Waals surface area (Å²) in [5, 5.41) is 3.56. The SMILES string of the molecule is CCOCCN1C[C@@H]2CCN[C@@H]2C1. The van der Waals surface area contributed by atoms with Crippen LogP contribution >= 0.6 is 0 Å². The van der Waals surface area contributed by atoms with Gasteiger partial charge in [-0.25, -0.2) is 0 Å². The minimum atomic E-state index is 0.779. The van der Waals surface area contributed by atoms with Crippen LogP contribution in [-0.4, -0.2) is 50.3 Å². The molecule has 2 rings (SSSR count). The van der Waals surface area contributed by atoms with Gasteiger partial charge >= 0.3 is 0 Å². The fourth-order valence-corrected chi connectivity index (χ4v) is 2.46. The Hall–Kier alpha value is -0.120. The molecule has 0 aliphatic carbocycles. The summed E-state index contributed by atoms with van der Waals surface area (Å²) >= 11 is 0. The Labute approximate surface area is 80.4 Å². The van der Waals surface area contributed by atoms with Crippen molar-refractivity contribution in [1.29, 1.82) is 0 Å². The third-order valence-electron chi connectivity index (χ3n) is 3.19. The molecule has 0 aromatic carbocycles. The van der Waals surface area contributed by atoms with E-state index in [2.05, 4.69) is 17.1 Å². The summed E-state index contributed by atoms with van der Waals surface area (Å²) in [6.07, 6.45) is 1.37. The molecule has 0 unspecified atom stereocenters. The Morgan fingerprint density at radius 1 is 1.46 bits per heavy atom. The largest absolute Gasteiger partial charge is 0.380 e. The summed E-state index contributed by atoms with van der Waals surface area (Å²) in [5.41, 5.74) is 0. The summed E-state index contributed by atoms with van der Waals surface area (Å²) in [5.74, 6) is 0.918. The number of fused-ring (bicyclic) bond motifs is 1. The maximum absolute atomic E-state index is 5.36. The van der Waals surface area contributed by atoms with Crippen LogP contribution in [0.1, 0.15) is 13.3 Å². The summed E-state index contributed by atoms with van der Waals surface area (Å²) in [6, 6.07) is 0.779. The summed E-state index contributed by atoms with van der Waals surface area (Å²) in [4.78, 5) is 2.52. The molecule has 0 amide bonds. The minimum Gasteiger partial charge on any atom is -0.380 e. The molecule has 0 aromatic rings. The fourth-order valence-electron chi connectivity index (χ4n) is 2.46. The van der Waals surface area contributed by atoms with Gasteiger partial charge in [0, 0.05) is 32.3 Å². The Balaban J connectivity index is 1.67. The van der Waals surface area contributed by atoms with Crippen molar-refractivity contribution in [1.82, 2.24) is 10.2 Å². The first-order valence-corrected chi connectivity index (χ1v) is 5.43. The number of ether oxygens (including phenoxy) is 1. The lowest BCUT2D eigenvalue weighted by atomic mass is 10.1. The van der Waals surface area contributed by atoms with Crippen LogP contribution in [0.4, 0.5) is 0 Å². The third-order valence-corrected chi connectivity index (χ3v) is 3.19. The van der Waals surface area contributed by atoms with Crippen molar-refractivity contribution >= 4 is 0 Å². The number of nitrogens with zero attached hydrogens (tertiary/aromatic N) is 1. The highest BCUT2D eigenvalue weighted by atomic mass is 16.5. The Morgan fingerprint density at radius 3 is 3.15 bits per heavy atom. The molecule has 2 atom stereocenters. The molecular weight excluding hydrogens is 164 g/mol. The van der Waals surface area contributed by atoms with Crippen LogP contribution in [0.15, 0.2) is 0 Å². The molecule has 2 heterocycles. The maximum atomic E-state index is 5.36. The topological polar surface area (TPSA) is 24.5 Å². The van der Waals surface area contributed by atoms with E-state index in [1.165, 1.54) is 26.1 Å². The van der Waals surface area contributed by atoms with E-state index in [4.69, 9.17) is 4.74 Å². The first kappa shape index (κ1) is 9.44. The normalized spacial score (nSPS) is 33.9. The molecule has 2 saturated heterocycles. The molecule has 3 nitrogen and oxygen atoms in total. The molecule has 0 bridgehead atoms. The van der Waals surface area contributed by atoms with Crippen LogP contribution in [0.5, 0.6) is 0 Å². The Kier molecular flexibility index (Phi) is 3.19. The first-order chi connectivity index (χ1) is 6.40. The Bertz CT molecular complexity index is 151. The predicted octanol–water partition coefficient (Wildman–Crippen LogP) is 0.317. The first-order valence-electron chi connectivity index (χ1n) is 5.43. The summed E-state index contributed by atoms with van der Waals surface area (Å²) < 4.78 is 5.36. The molecule has 0 spiro atoms. The zero-order valence-corrected chi connectivity index (χ0v) is 8.46. The van der Waals surface area contributed by atoms with Crippen molar-refractivity contribution in [2.24, 2.45) is 5.92 Å². The van der Waals surface area contributed by atoms with Gasteiger partial charge in [0.15, 0.2) is 0 Å². The van der Waals surface area contributed by atoms with Crippen molar-refractivity contribution in [3.8, 4) is 0 Å². The van der Waals surface area contributed by atoms with Gasteiger partial charge in [-0.3, -0.25) is 4.90 Å². The molecule has 0 radical (unpaired) electrons. The molecule has 76 valence electrons. The van der Waals surface area contributed by atoms with E-state index in [1.807, 2.05) is 0 Å². The average Bonchev–Trinajstić information content (AvgIpc) is 2.64. The molecule has 2 aliphatic rings. The van der Waals surface area contributed by atoms with Crippen LogP contribution in [0.2, 0.25) is 0 Å². The monoisotopic (exact) mass is 184 g/mol. The zero-order chi connectivity index (χ0) is 9.10. The highest BCUT2D eigenvalue weighted by molar-refractivity contribution is 4.93. The van der Waals surface area contributed by atoms with Crippen molar-refractivity contribution in [2.75, 3.05) is 39.4 Å². The quantitative estimate of drug-likeness (QED) is 0.637. The lowest BCUT2D eigenvalue weighted by Gasteiger charge is -2.16. The standard InChI is InChI=1S/C10H20N2O/c1-2-13-6-5-12-7-9-3-4-11-10(9)8-12/h9-11H,2-8H2,1H3/t9-,10+/m0/s1. The van der Waals surface area contributed by atoms with E-state index in [1.54, 1.807) is 0 Å². The van der Waals surface area contributed by atoms with Gasteiger partial charge in [0.05, 0.1) is 6.61 Å². The predicted molar refractivity (Wildman–Crippen MR) is 52.8 cm³/mol. The second-order valence-electron chi connectivity index (χ2n) is 4.07. The smallest absolute Gasteiger partial charge is 0.0593 e. The van der Waals surface area contributed by atoms with Crippen molar-refractivity contribution in [2.45, 2.75) is 19.4 Å². The lowest BCUT2D eigenvalue weighted by Crippen LogP contribution is -2.31. The van der Waals surface area contributed by atoms with E-state index < -0.39 is 0 Å². The fraction of sp³-hybridized carbons (Fsp3) is 1.00. The van der Waals surface area contributed by atoms with Gasteiger partial charge in [0.25, 0.3) is 0 Å². The number of rotatable bonds is 4. The zero-order valence-electron chi connectivity index (χ0n) is 8.46. The molecule has 0 saturated carbocycles. The molecular formula is C10H20N2O. The number of hydrogen-bond donors (Lipinski definition) is 1. The van der Waals surface area contributed by atoms with Gasteiger partial charge in [0.1, 0.15) is 0 Å². The van der Waals surface area contributed by atoms with E-state index in [9.17, 15) is 0 Å². The highest BCUT2D eigenvalue weighted by Gasteiger charge is 2.35. The minimum absolute atomic E-state index is 0.779. The van der Waals surface area contributed by atoms with Gasteiger partial charge in [-0.1, -0.05) is 0 Å². The van der Waals surface area contributed by atoms with Crippen LogP contribution < -0.4 is 5.32 Å². The second-order valence-corrected chi connectivity index (χ2v) is 4.07. The molecule has 13 heavy (non-hydrogen) atoms. The number of nitrogens with one attached hydrogen (secondary N) is 1. The Morgan fingerprint density at radius 2 is 2.38 bits per heavy atom. The van der Waals surface area contributed by atoms with Crippen molar-refractivity contribution in [3.05, 3.63) is 0 Å². The molecule has 1 N–H and O–H groups in total. The molecule has 0 aromatic heterocycles. The van der Waals surface area contributed by atoms with Gasteiger partial charge in [-0.2, -0.15) is 0 Å². The lowest BCUT2D eigenvalue weighted by molar-refractivity contribution is 0.119. The van der Waals surface area contributed by atoms with E-state index in [-0.39, 0.29) is 0 Å². The van der Waals surface area contributed by atoms with Crippen LogP contribution in [0, 0.1) is 5.92 Å². The summed E-state index contributed by atoms with van der Waals surface area (Å²) in [6.45, 7) is 8.66. The van der Waals surface area contributed by atoms with Crippen molar-refractivity contribution in [3.63, 3.8) is 0 Å². The van der Waals surface area contributed by atoms with Gasteiger partial charge in [0.2, 0.25) is 0 Å². The average molecular weight is 184 g/mol. The maximum Gasteiger partial charge on any atom is 0.0593 e. The van der Waals surface area contributed by atoms with E-state index in [0.29, 0.717) is 0 Å². The van der Waals surface area contributed by atoms with Gasteiger partial charge < -0.3 is 10.1 Å². The number of likely N-dealkylation sites (tertiary alicyclic amines) is 1. The van der Waals surface area contributed by atoms with Crippen LogP contribution in [0.25, 0.3) is 0 Å². The second kappa shape index (κ2) is 4.40.